The molecular formula is C26H31N7O2. The van der Waals surface area contributed by atoms with Gasteiger partial charge in [0.1, 0.15) is 0 Å². The Morgan fingerprint density at radius 2 is 1.77 bits per heavy atom. The number of nitriles is 1. The standard InChI is InChI=1S/C26H31N7O2/c1-16-22(33-14-21(31-32-33)24(35)29-15-25(2,3)4)11-20(13-28-16)30-23(34)18-8-17(12-27)9-19(10-18)26(5,6)7/h8-11,13-14H,15H2,1-7H3,(H,29,35)(H,30,34). The van der Waals surface area contributed by atoms with Crippen LogP contribution in [0.25, 0.3) is 5.69 Å². The first-order chi connectivity index (χ1) is 16.3. The molecule has 0 fully saturated rings. The highest BCUT2D eigenvalue weighted by Crippen LogP contribution is 2.25. The number of nitrogens with one attached hydrogen (secondary N) is 2. The molecule has 182 valence electrons. The molecule has 0 bridgehead atoms. The smallest absolute Gasteiger partial charge is 0.273 e. The van der Waals surface area contributed by atoms with Gasteiger partial charge in [0.2, 0.25) is 0 Å². The number of hydrogen-bond acceptors (Lipinski definition) is 6. The number of benzene rings is 1. The Balaban J connectivity index is 1.84. The summed E-state index contributed by atoms with van der Waals surface area (Å²) < 4.78 is 1.46. The van der Waals surface area contributed by atoms with Crippen molar-refractivity contribution in [2.75, 3.05) is 11.9 Å². The number of nitrogens with zero attached hydrogens (tertiary/aromatic N) is 5. The highest BCUT2D eigenvalue weighted by atomic mass is 16.2. The molecule has 2 heterocycles. The van der Waals surface area contributed by atoms with Gasteiger partial charge >= 0.3 is 0 Å². The Morgan fingerprint density at radius 3 is 2.40 bits per heavy atom. The summed E-state index contributed by atoms with van der Waals surface area (Å²) in [5, 5.41) is 23.1. The topological polar surface area (TPSA) is 126 Å². The van der Waals surface area contributed by atoms with Gasteiger partial charge in [0.05, 0.1) is 41.1 Å². The Hall–Kier alpha value is -4.06. The Kier molecular flexibility index (Phi) is 7.06. The maximum absolute atomic E-state index is 13.0. The Bertz CT molecular complexity index is 1300. The van der Waals surface area contributed by atoms with Crippen LogP contribution in [0.15, 0.2) is 36.7 Å². The summed E-state index contributed by atoms with van der Waals surface area (Å²) in [6.07, 6.45) is 3.07. The number of pyridine rings is 1. The van der Waals surface area contributed by atoms with E-state index in [0.29, 0.717) is 34.7 Å². The number of amides is 2. The molecule has 0 aliphatic heterocycles. The minimum absolute atomic E-state index is 0.0564. The van der Waals surface area contributed by atoms with Crippen LogP contribution in [-0.2, 0) is 5.41 Å². The monoisotopic (exact) mass is 473 g/mol. The van der Waals surface area contributed by atoms with E-state index >= 15 is 0 Å². The normalized spacial score (nSPS) is 11.6. The van der Waals surface area contributed by atoms with E-state index in [1.165, 1.54) is 10.9 Å². The van der Waals surface area contributed by atoms with Crippen molar-refractivity contribution in [3.8, 4) is 11.8 Å². The third-order valence-corrected chi connectivity index (χ3v) is 5.26. The lowest BCUT2D eigenvalue weighted by Gasteiger charge is -2.20. The van der Waals surface area contributed by atoms with E-state index in [1.807, 2.05) is 41.5 Å². The van der Waals surface area contributed by atoms with Gasteiger partial charge in [0.25, 0.3) is 11.8 Å². The van der Waals surface area contributed by atoms with Gasteiger partial charge in [0.15, 0.2) is 5.69 Å². The highest BCUT2D eigenvalue weighted by Gasteiger charge is 2.19. The number of carbonyl (C=O) groups is 2. The number of aromatic nitrogens is 4. The summed E-state index contributed by atoms with van der Waals surface area (Å²) in [5.74, 6) is -0.668. The number of aryl methyl sites for hydroxylation is 1. The van der Waals surface area contributed by atoms with Gasteiger partial charge in [-0.25, -0.2) is 4.68 Å². The van der Waals surface area contributed by atoms with Crippen molar-refractivity contribution in [1.82, 2.24) is 25.3 Å². The second-order valence-corrected chi connectivity index (χ2v) is 10.7. The molecule has 0 saturated carbocycles. The van der Waals surface area contributed by atoms with Crippen LogP contribution in [0, 0.1) is 23.7 Å². The summed E-state index contributed by atoms with van der Waals surface area (Å²) in [6, 6.07) is 8.98. The predicted octanol–water partition coefficient (Wildman–Crippen LogP) is 4.17. The number of hydrogen-bond donors (Lipinski definition) is 2. The van der Waals surface area contributed by atoms with Crippen molar-refractivity contribution in [3.63, 3.8) is 0 Å². The molecule has 3 rings (SSSR count). The van der Waals surface area contributed by atoms with E-state index in [9.17, 15) is 14.9 Å². The van der Waals surface area contributed by atoms with Crippen molar-refractivity contribution >= 4 is 17.5 Å². The molecule has 3 aromatic rings. The molecule has 0 spiro atoms. The fourth-order valence-electron chi connectivity index (χ4n) is 3.20. The molecule has 0 aliphatic carbocycles. The number of carbonyl (C=O) groups excluding carboxylic acids is 2. The van der Waals surface area contributed by atoms with Crippen LogP contribution in [0.1, 0.15) is 79.2 Å². The molecule has 2 aromatic heterocycles. The minimum Gasteiger partial charge on any atom is -0.350 e. The van der Waals surface area contributed by atoms with Gasteiger partial charge in [-0.1, -0.05) is 46.8 Å². The van der Waals surface area contributed by atoms with Gasteiger partial charge in [-0.3, -0.25) is 14.6 Å². The molecule has 9 nitrogen and oxygen atoms in total. The van der Waals surface area contributed by atoms with E-state index in [1.54, 1.807) is 37.4 Å². The van der Waals surface area contributed by atoms with Crippen LogP contribution in [0.3, 0.4) is 0 Å². The Morgan fingerprint density at radius 1 is 1.06 bits per heavy atom. The number of rotatable bonds is 5. The average molecular weight is 474 g/mol. The van der Waals surface area contributed by atoms with Gasteiger partial charge in [0, 0.05) is 12.1 Å². The van der Waals surface area contributed by atoms with Gasteiger partial charge in [-0.2, -0.15) is 5.26 Å². The van der Waals surface area contributed by atoms with Crippen LogP contribution in [0.4, 0.5) is 5.69 Å². The van der Waals surface area contributed by atoms with Gasteiger partial charge < -0.3 is 10.6 Å². The molecule has 2 N–H and O–H groups in total. The van der Waals surface area contributed by atoms with Crippen LogP contribution in [0.2, 0.25) is 0 Å². The SMILES string of the molecule is Cc1ncc(NC(=O)c2cc(C#N)cc(C(C)(C)C)c2)cc1-n1cc(C(=O)NCC(C)(C)C)nn1. The fraction of sp³-hybridized carbons (Fsp3) is 0.385. The molecule has 0 saturated heterocycles. The molecule has 35 heavy (non-hydrogen) atoms. The molecule has 0 atom stereocenters. The molecule has 2 amide bonds. The van der Waals surface area contributed by atoms with E-state index in [4.69, 9.17) is 0 Å². The fourth-order valence-corrected chi connectivity index (χ4v) is 3.20. The van der Waals surface area contributed by atoms with E-state index in [2.05, 4.69) is 32.0 Å². The zero-order valence-corrected chi connectivity index (χ0v) is 21.2. The average Bonchev–Trinajstić information content (AvgIpc) is 3.27. The molecule has 1 aromatic carbocycles. The van der Waals surface area contributed by atoms with Crippen molar-refractivity contribution in [1.29, 1.82) is 5.26 Å². The molecule has 9 heteroatoms. The zero-order chi connectivity index (χ0) is 26.0. The van der Waals surface area contributed by atoms with Gasteiger partial charge in [-0.15, -0.1) is 5.10 Å². The summed E-state index contributed by atoms with van der Waals surface area (Å²) in [6.45, 7) is 14.5. The molecule has 0 aliphatic rings. The van der Waals surface area contributed by atoms with Crippen LogP contribution in [0.5, 0.6) is 0 Å². The lowest BCUT2D eigenvalue weighted by molar-refractivity contribution is 0.0933. The lowest BCUT2D eigenvalue weighted by Crippen LogP contribution is -2.32. The Labute approximate surface area is 205 Å². The van der Waals surface area contributed by atoms with E-state index in [0.717, 1.165) is 5.56 Å². The van der Waals surface area contributed by atoms with Crippen LogP contribution < -0.4 is 10.6 Å². The predicted molar refractivity (Wildman–Crippen MR) is 133 cm³/mol. The summed E-state index contributed by atoms with van der Waals surface area (Å²) in [4.78, 5) is 29.8. The lowest BCUT2D eigenvalue weighted by atomic mass is 9.85. The quantitative estimate of drug-likeness (QED) is 0.573. The maximum atomic E-state index is 13.0. The zero-order valence-electron chi connectivity index (χ0n) is 21.2. The molecule has 0 unspecified atom stereocenters. The summed E-state index contributed by atoms with van der Waals surface area (Å²) >= 11 is 0. The van der Waals surface area contributed by atoms with Crippen molar-refractivity contribution in [3.05, 3.63) is 64.7 Å². The van der Waals surface area contributed by atoms with Crippen LogP contribution >= 0.6 is 0 Å². The second-order valence-electron chi connectivity index (χ2n) is 10.7. The highest BCUT2D eigenvalue weighted by molar-refractivity contribution is 6.04. The first-order valence-corrected chi connectivity index (χ1v) is 11.3. The van der Waals surface area contributed by atoms with Crippen molar-refractivity contribution in [2.45, 2.75) is 53.9 Å². The van der Waals surface area contributed by atoms with Crippen molar-refractivity contribution < 1.29 is 9.59 Å². The largest absolute Gasteiger partial charge is 0.350 e. The van der Waals surface area contributed by atoms with Crippen molar-refractivity contribution in [2.24, 2.45) is 5.41 Å². The van der Waals surface area contributed by atoms with E-state index < -0.39 is 0 Å². The molecular weight excluding hydrogens is 442 g/mol. The van der Waals surface area contributed by atoms with E-state index in [-0.39, 0.29) is 28.3 Å². The first-order valence-electron chi connectivity index (χ1n) is 11.3. The number of anilines is 1. The maximum Gasteiger partial charge on any atom is 0.273 e. The summed E-state index contributed by atoms with van der Waals surface area (Å²) in [7, 11) is 0. The minimum atomic E-state index is -0.356. The second kappa shape index (κ2) is 9.66. The molecule has 0 radical (unpaired) electrons. The summed E-state index contributed by atoms with van der Waals surface area (Å²) in [5.41, 5.74) is 3.28. The van der Waals surface area contributed by atoms with Crippen LogP contribution in [-0.4, -0.2) is 38.3 Å². The van der Waals surface area contributed by atoms with Gasteiger partial charge in [-0.05, 0) is 47.6 Å². The third kappa shape index (κ3) is 6.51. The first kappa shape index (κ1) is 25.6. The third-order valence-electron chi connectivity index (χ3n) is 5.26.